The first-order valence-corrected chi connectivity index (χ1v) is 8.30. The van der Waals surface area contributed by atoms with E-state index >= 15 is 0 Å². The highest BCUT2D eigenvalue weighted by atomic mass is 35.5. The van der Waals surface area contributed by atoms with Gasteiger partial charge in [-0.2, -0.15) is 0 Å². The Labute approximate surface area is 156 Å². The molecule has 0 spiro atoms. The van der Waals surface area contributed by atoms with Crippen LogP contribution in [-0.2, 0) is 13.1 Å². The molecule has 140 valence electrons. The van der Waals surface area contributed by atoms with Crippen LogP contribution in [0, 0.1) is 6.92 Å². The molecule has 2 aromatic rings. The summed E-state index contributed by atoms with van der Waals surface area (Å²) in [5.74, 6) is -2.72. The van der Waals surface area contributed by atoms with Crippen LogP contribution in [0.1, 0.15) is 34.0 Å². The van der Waals surface area contributed by atoms with Crippen molar-refractivity contribution in [1.82, 2.24) is 14.9 Å². The minimum Gasteiger partial charge on any atom is -0.471 e. The molecule has 0 saturated carbocycles. The lowest BCUT2D eigenvalue weighted by Crippen LogP contribution is -2.22. The number of hydrogen-bond donors (Lipinski definition) is 0. The third-order valence-corrected chi connectivity index (χ3v) is 3.92. The quantitative estimate of drug-likeness (QED) is 0.511. The monoisotopic (exact) mass is 383 g/mol. The summed E-state index contributed by atoms with van der Waals surface area (Å²) in [7, 11) is 1.87. The molecule has 8 heteroatoms. The van der Waals surface area contributed by atoms with E-state index in [1.165, 1.54) is 6.20 Å². The number of hydrogen-bond acceptors (Lipinski definition) is 5. The molecule has 0 saturated heterocycles. The van der Waals surface area contributed by atoms with Gasteiger partial charge in [0.05, 0.1) is 0 Å². The molecular formula is C18H20ClF2N3O2. The standard InChI is InChI=1S/C18H20ClF2N3O2/c1-12-6-13(7-23-17(12)26-11-18(2,20)21)8-24(3)9-15-14(10-25)4-5-22-16(15)19/h4-7,10H,8-9,11H2,1-3H3. The highest BCUT2D eigenvalue weighted by molar-refractivity contribution is 6.30. The van der Waals surface area contributed by atoms with Gasteiger partial charge in [0.25, 0.3) is 5.92 Å². The maximum absolute atomic E-state index is 12.9. The number of halogens is 3. The minimum atomic E-state index is -2.91. The van der Waals surface area contributed by atoms with Crippen molar-refractivity contribution in [3.05, 3.63) is 51.9 Å². The number of aromatic nitrogens is 2. The van der Waals surface area contributed by atoms with Crippen LogP contribution in [-0.4, -0.2) is 40.7 Å². The number of aryl methyl sites for hydroxylation is 1. The summed E-state index contributed by atoms with van der Waals surface area (Å²) in [4.78, 5) is 21.2. The minimum absolute atomic E-state index is 0.191. The molecule has 0 N–H and O–H groups in total. The predicted octanol–water partition coefficient (Wildman–Crippen LogP) is 3.92. The van der Waals surface area contributed by atoms with E-state index in [1.54, 1.807) is 19.2 Å². The van der Waals surface area contributed by atoms with Crippen molar-refractivity contribution >= 4 is 17.9 Å². The van der Waals surface area contributed by atoms with E-state index in [0.717, 1.165) is 18.8 Å². The van der Waals surface area contributed by atoms with Crippen LogP contribution < -0.4 is 4.74 Å². The average molecular weight is 384 g/mol. The van der Waals surface area contributed by atoms with Gasteiger partial charge in [-0.15, -0.1) is 0 Å². The first kappa shape index (κ1) is 20.2. The third-order valence-electron chi connectivity index (χ3n) is 3.60. The number of carbonyl (C=O) groups is 1. The normalized spacial score (nSPS) is 11.7. The van der Waals surface area contributed by atoms with E-state index < -0.39 is 12.5 Å². The lowest BCUT2D eigenvalue weighted by atomic mass is 10.1. The summed E-state index contributed by atoms with van der Waals surface area (Å²) >= 11 is 6.09. The zero-order chi connectivity index (χ0) is 19.3. The Bertz CT molecular complexity index is 782. The van der Waals surface area contributed by atoms with Crippen molar-refractivity contribution < 1.29 is 18.3 Å². The van der Waals surface area contributed by atoms with Crippen molar-refractivity contribution in [1.29, 1.82) is 0 Å². The molecule has 0 unspecified atom stereocenters. The van der Waals surface area contributed by atoms with Gasteiger partial charge in [-0.05, 0) is 31.7 Å². The molecule has 0 bridgehead atoms. The van der Waals surface area contributed by atoms with Gasteiger partial charge in [0.15, 0.2) is 12.9 Å². The average Bonchev–Trinajstić information content (AvgIpc) is 2.55. The van der Waals surface area contributed by atoms with Crippen molar-refractivity contribution in [2.75, 3.05) is 13.7 Å². The molecule has 2 rings (SSSR count). The van der Waals surface area contributed by atoms with Crippen molar-refractivity contribution in [2.24, 2.45) is 0 Å². The fraction of sp³-hybridized carbons (Fsp3) is 0.389. The molecule has 0 aliphatic heterocycles. The van der Waals surface area contributed by atoms with Crippen LogP contribution in [0.4, 0.5) is 8.78 Å². The second-order valence-corrected chi connectivity index (χ2v) is 6.64. The molecule has 0 atom stereocenters. The zero-order valence-corrected chi connectivity index (χ0v) is 15.6. The lowest BCUT2D eigenvalue weighted by Gasteiger charge is -2.19. The van der Waals surface area contributed by atoms with Crippen LogP contribution in [0.2, 0.25) is 5.15 Å². The van der Waals surface area contributed by atoms with E-state index in [-0.39, 0.29) is 5.88 Å². The molecule has 0 aliphatic carbocycles. The number of pyridine rings is 2. The Morgan fingerprint density at radius 1 is 1.35 bits per heavy atom. The van der Waals surface area contributed by atoms with E-state index in [9.17, 15) is 13.6 Å². The second kappa shape index (κ2) is 8.51. The number of rotatable bonds is 8. The van der Waals surface area contributed by atoms with E-state index in [2.05, 4.69) is 9.97 Å². The molecule has 0 fully saturated rings. The highest BCUT2D eigenvalue weighted by Gasteiger charge is 2.22. The topological polar surface area (TPSA) is 55.3 Å². The summed E-state index contributed by atoms with van der Waals surface area (Å²) in [6, 6.07) is 3.45. The number of nitrogens with zero attached hydrogens (tertiary/aromatic N) is 3. The maximum atomic E-state index is 12.9. The van der Waals surface area contributed by atoms with Crippen LogP contribution in [0.5, 0.6) is 5.88 Å². The first-order valence-electron chi connectivity index (χ1n) is 7.93. The summed E-state index contributed by atoms with van der Waals surface area (Å²) in [5, 5.41) is 0.292. The molecule has 0 amide bonds. The van der Waals surface area contributed by atoms with Gasteiger partial charge in [-0.1, -0.05) is 11.6 Å². The lowest BCUT2D eigenvalue weighted by molar-refractivity contribution is -0.0244. The largest absolute Gasteiger partial charge is 0.471 e. The Morgan fingerprint density at radius 2 is 2.08 bits per heavy atom. The van der Waals surface area contributed by atoms with Crippen LogP contribution in [0.25, 0.3) is 0 Å². The van der Waals surface area contributed by atoms with Gasteiger partial charge >= 0.3 is 0 Å². The molecular weight excluding hydrogens is 364 g/mol. The van der Waals surface area contributed by atoms with Gasteiger partial charge in [-0.3, -0.25) is 9.69 Å². The maximum Gasteiger partial charge on any atom is 0.278 e. The summed E-state index contributed by atoms with van der Waals surface area (Å²) < 4.78 is 30.8. The number of ether oxygens (including phenoxy) is 1. The molecule has 2 aromatic heterocycles. The fourth-order valence-corrected chi connectivity index (χ4v) is 2.66. The Hall–Kier alpha value is -2.12. The van der Waals surface area contributed by atoms with Gasteiger partial charge in [0.1, 0.15) is 5.15 Å². The Balaban J connectivity index is 2.05. The van der Waals surface area contributed by atoms with E-state index in [1.807, 2.05) is 18.0 Å². The van der Waals surface area contributed by atoms with E-state index in [4.69, 9.17) is 16.3 Å². The van der Waals surface area contributed by atoms with Crippen LogP contribution >= 0.6 is 11.6 Å². The molecule has 0 aliphatic rings. The predicted molar refractivity (Wildman–Crippen MR) is 94.9 cm³/mol. The van der Waals surface area contributed by atoms with E-state index in [0.29, 0.717) is 34.9 Å². The van der Waals surface area contributed by atoms with Crippen LogP contribution in [0.3, 0.4) is 0 Å². The van der Waals surface area contributed by atoms with Gasteiger partial charge in [0, 0.05) is 49.1 Å². The van der Waals surface area contributed by atoms with Crippen molar-refractivity contribution in [3.8, 4) is 5.88 Å². The van der Waals surface area contributed by atoms with Crippen molar-refractivity contribution in [3.63, 3.8) is 0 Å². The molecule has 0 aromatic carbocycles. The number of aldehydes is 1. The van der Waals surface area contributed by atoms with Gasteiger partial charge < -0.3 is 4.74 Å². The summed E-state index contributed by atoms with van der Waals surface area (Å²) in [5.41, 5.74) is 2.71. The SMILES string of the molecule is Cc1cc(CN(C)Cc2c(C=O)ccnc2Cl)cnc1OCC(C)(F)F. The Morgan fingerprint density at radius 3 is 2.69 bits per heavy atom. The number of carbonyl (C=O) groups excluding carboxylic acids is 1. The summed E-state index contributed by atoms with van der Waals surface area (Å²) in [6.07, 6.45) is 3.82. The molecule has 2 heterocycles. The van der Waals surface area contributed by atoms with Crippen molar-refractivity contribution in [2.45, 2.75) is 32.9 Å². The smallest absolute Gasteiger partial charge is 0.278 e. The molecule has 26 heavy (non-hydrogen) atoms. The van der Waals surface area contributed by atoms with Crippen LogP contribution in [0.15, 0.2) is 24.5 Å². The third kappa shape index (κ3) is 5.71. The first-order chi connectivity index (χ1) is 12.2. The second-order valence-electron chi connectivity index (χ2n) is 6.28. The van der Waals surface area contributed by atoms with Gasteiger partial charge in [0.2, 0.25) is 5.88 Å². The fourth-order valence-electron chi connectivity index (χ4n) is 2.44. The molecule has 0 radical (unpaired) electrons. The Kier molecular flexibility index (Phi) is 6.61. The number of alkyl halides is 2. The zero-order valence-electron chi connectivity index (χ0n) is 14.8. The molecule has 5 nitrogen and oxygen atoms in total. The highest BCUT2D eigenvalue weighted by Crippen LogP contribution is 2.21. The summed E-state index contributed by atoms with van der Waals surface area (Å²) in [6.45, 7) is 2.79. The van der Waals surface area contributed by atoms with Gasteiger partial charge in [-0.25, -0.2) is 18.7 Å².